The van der Waals surface area contributed by atoms with Gasteiger partial charge in [-0.2, -0.15) is 0 Å². The van der Waals surface area contributed by atoms with Gasteiger partial charge in [0.2, 0.25) is 0 Å². The summed E-state index contributed by atoms with van der Waals surface area (Å²) in [5.74, 6) is -0.189. The largest absolute Gasteiger partial charge is 0.466 e. The van der Waals surface area contributed by atoms with Crippen LogP contribution >= 0.6 is 0 Å². The van der Waals surface area contributed by atoms with Crippen LogP contribution in [0.3, 0.4) is 0 Å². The van der Waals surface area contributed by atoms with Crippen LogP contribution in [-0.2, 0) is 9.53 Å². The third kappa shape index (κ3) is 2.75. The summed E-state index contributed by atoms with van der Waals surface area (Å²) in [6.07, 6.45) is 3.58. The minimum atomic E-state index is -0.231. The van der Waals surface area contributed by atoms with Crippen LogP contribution in [0.1, 0.15) is 32.3 Å². The number of pyridine rings is 1. The van der Waals surface area contributed by atoms with Gasteiger partial charge in [-0.1, -0.05) is 32.0 Å². The normalized spacial score (nSPS) is 12.6. The van der Waals surface area contributed by atoms with Crippen molar-refractivity contribution in [1.82, 2.24) is 4.98 Å². The Morgan fingerprint density at radius 2 is 2.11 bits per heavy atom. The van der Waals surface area contributed by atoms with Crippen LogP contribution in [0.25, 0.3) is 10.8 Å². The van der Waals surface area contributed by atoms with E-state index in [0.717, 1.165) is 16.3 Å². The van der Waals surface area contributed by atoms with Crippen LogP contribution in [0.15, 0.2) is 36.7 Å². The van der Waals surface area contributed by atoms with Crippen molar-refractivity contribution in [2.75, 3.05) is 6.61 Å². The molecule has 0 fully saturated rings. The van der Waals surface area contributed by atoms with Gasteiger partial charge >= 0.3 is 5.97 Å². The second kappa shape index (κ2) is 5.83. The van der Waals surface area contributed by atoms with Crippen molar-refractivity contribution in [3.8, 4) is 0 Å². The number of benzene rings is 1. The molecule has 2 aromatic rings. The molecule has 3 nitrogen and oxygen atoms in total. The Morgan fingerprint density at radius 3 is 2.79 bits per heavy atom. The number of fused-ring (bicyclic) bond motifs is 1. The first kappa shape index (κ1) is 13.5. The smallest absolute Gasteiger partial charge is 0.313 e. The van der Waals surface area contributed by atoms with E-state index in [1.54, 1.807) is 6.20 Å². The second-order valence-corrected chi connectivity index (χ2v) is 4.92. The quantitative estimate of drug-likeness (QED) is 0.786. The zero-order chi connectivity index (χ0) is 13.8. The van der Waals surface area contributed by atoms with Gasteiger partial charge in [-0.15, -0.1) is 0 Å². The monoisotopic (exact) mass is 257 g/mol. The van der Waals surface area contributed by atoms with Crippen molar-refractivity contribution in [3.05, 3.63) is 42.2 Å². The maximum atomic E-state index is 12.2. The number of aromatic nitrogens is 1. The summed E-state index contributed by atoms with van der Waals surface area (Å²) < 4.78 is 5.21. The van der Waals surface area contributed by atoms with Gasteiger partial charge in [0.15, 0.2) is 0 Å². The Hall–Kier alpha value is -1.90. The first-order chi connectivity index (χ1) is 9.15. The Balaban J connectivity index is 2.53. The van der Waals surface area contributed by atoms with E-state index in [1.165, 1.54) is 0 Å². The molecule has 3 heteroatoms. The highest BCUT2D eigenvalue weighted by molar-refractivity contribution is 5.90. The number of nitrogens with zero attached hydrogens (tertiary/aromatic N) is 1. The summed E-state index contributed by atoms with van der Waals surface area (Å²) in [7, 11) is 0. The summed E-state index contributed by atoms with van der Waals surface area (Å²) in [4.78, 5) is 16.3. The average molecular weight is 257 g/mol. The molecule has 1 atom stereocenters. The number of hydrogen-bond acceptors (Lipinski definition) is 3. The van der Waals surface area contributed by atoms with E-state index in [4.69, 9.17) is 4.74 Å². The van der Waals surface area contributed by atoms with Crippen molar-refractivity contribution in [1.29, 1.82) is 0 Å². The maximum absolute atomic E-state index is 12.2. The van der Waals surface area contributed by atoms with E-state index in [-0.39, 0.29) is 17.8 Å². The molecule has 1 aromatic carbocycles. The average Bonchev–Trinajstić information content (AvgIpc) is 2.39. The molecular formula is C16H19NO2. The molecule has 0 aliphatic rings. The molecule has 1 heterocycles. The highest BCUT2D eigenvalue weighted by atomic mass is 16.5. The second-order valence-electron chi connectivity index (χ2n) is 4.92. The molecule has 0 bridgehead atoms. The molecule has 0 N–H and O–H groups in total. The van der Waals surface area contributed by atoms with Gasteiger partial charge in [0.1, 0.15) is 0 Å². The van der Waals surface area contributed by atoms with E-state index >= 15 is 0 Å². The van der Waals surface area contributed by atoms with E-state index in [9.17, 15) is 4.79 Å². The lowest BCUT2D eigenvalue weighted by Crippen LogP contribution is -2.21. The zero-order valence-electron chi connectivity index (χ0n) is 11.6. The molecule has 0 spiro atoms. The van der Waals surface area contributed by atoms with Gasteiger partial charge in [0.05, 0.1) is 12.5 Å². The first-order valence-corrected chi connectivity index (χ1v) is 6.64. The van der Waals surface area contributed by atoms with Gasteiger partial charge < -0.3 is 4.74 Å². The van der Waals surface area contributed by atoms with Crippen molar-refractivity contribution >= 4 is 16.7 Å². The van der Waals surface area contributed by atoms with Crippen molar-refractivity contribution in [2.45, 2.75) is 26.7 Å². The number of carbonyl (C=O) groups excluding carboxylic acids is 1. The van der Waals surface area contributed by atoms with Crippen LogP contribution in [-0.4, -0.2) is 17.6 Å². The van der Waals surface area contributed by atoms with Crippen LogP contribution in [0, 0.1) is 5.92 Å². The van der Waals surface area contributed by atoms with Crippen molar-refractivity contribution < 1.29 is 9.53 Å². The van der Waals surface area contributed by atoms with Crippen LogP contribution in [0.5, 0.6) is 0 Å². The fourth-order valence-electron chi connectivity index (χ4n) is 2.41. The predicted molar refractivity (Wildman–Crippen MR) is 76.0 cm³/mol. The van der Waals surface area contributed by atoms with Gasteiger partial charge in [-0.25, -0.2) is 0 Å². The SMILES string of the molecule is CCOC(=O)C(c1cccc2cnccc12)C(C)C. The fraction of sp³-hybridized carbons (Fsp3) is 0.375. The number of hydrogen-bond donors (Lipinski definition) is 0. The topological polar surface area (TPSA) is 39.2 Å². The Morgan fingerprint density at radius 1 is 1.32 bits per heavy atom. The molecule has 1 aromatic heterocycles. The minimum Gasteiger partial charge on any atom is -0.466 e. The number of esters is 1. The zero-order valence-corrected chi connectivity index (χ0v) is 11.6. The Bertz CT molecular complexity index is 572. The molecule has 1 unspecified atom stereocenters. The standard InChI is InChI=1S/C16H19NO2/c1-4-19-16(18)15(11(2)3)14-7-5-6-12-10-17-9-8-13(12)14/h5-11,15H,4H2,1-3H3. The lowest BCUT2D eigenvalue weighted by atomic mass is 9.86. The molecule has 0 saturated carbocycles. The van der Waals surface area contributed by atoms with E-state index in [1.807, 2.05) is 51.2 Å². The number of ether oxygens (including phenoxy) is 1. The number of rotatable bonds is 4. The highest BCUT2D eigenvalue weighted by Crippen LogP contribution is 2.31. The first-order valence-electron chi connectivity index (χ1n) is 6.64. The number of carbonyl (C=O) groups is 1. The van der Waals surface area contributed by atoms with Gasteiger partial charge in [-0.05, 0) is 29.9 Å². The van der Waals surface area contributed by atoms with Crippen molar-refractivity contribution in [2.24, 2.45) is 5.92 Å². The third-order valence-corrected chi connectivity index (χ3v) is 3.26. The Kier molecular flexibility index (Phi) is 4.15. The summed E-state index contributed by atoms with van der Waals surface area (Å²) >= 11 is 0. The lowest BCUT2D eigenvalue weighted by molar-refractivity contribution is -0.146. The summed E-state index contributed by atoms with van der Waals surface area (Å²) in [6.45, 7) is 6.33. The molecule has 19 heavy (non-hydrogen) atoms. The van der Waals surface area contributed by atoms with Crippen LogP contribution in [0.2, 0.25) is 0 Å². The molecule has 0 radical (unpaired) electrons. The van der Waals surface area contributed by atoms with Crippen LogP contribution in [0.4, 0.5) is 0 Å². The summed E-state index contributed by atoms with van der Waals surface area (Å²) in [6, 6.07) is 7.94. The van der Waals surface area contributed by atoms with Gasteiger partial charge in [-0.3, -0.25) is 9.78 Å². The summed E-state index contributed by atoms with van der Waals surface area (Å²) in [5, 5.41) is 2.12. The van der Waals surface area contributed by atoms with E-state index in [0.29, 0.717) is 6.61 Å². The molecule has 0 aliphatic heterocycles. The van der Waals surface area contributed by atoms with Crippen LogP contribution < -0.4 is 0 Å². The maximum Gasteiger partial charge on any atom is 0.313 e. The summed E-state index contributed by atoms with van der Waals surface area (Å²) in [5.41, 5.74) is 1.02. The van der Waals surface area contributed by atoms with Crippen molar-refractivity contribution in [3.63, 3.8) is 0 Å². The highest BCUT2D eigenvalue weighted by Gasteiger charge is 2.26. The molecule has 0 saturated heterocycles. The third-order valence-electron chi connectivity index (χ3n) is 3.26. The molecule has 0 aliphatic carbocycles. The van der Waals surface area contributed by atoms with E-state index < -0.39 is 0 Å². The molecule has 2 rings (SSSR count). The predicted octanol–water partition coefficient (Wildman–Crippen LogP) is 3.54. The molecular weight excluding hydrogens is 238 g/mol. The minimum absolute atomic E-state index is 0.151. The lowest BCUT2D eigenvalue weighted by Gasteiger charge is -2.21. The Labute approximate surface area is 113 Å². The van der Waals surface area contributed by atoms with Gasteiger partial charge in [0.25, 0.3) is 0 Å². The van der Waals surface area contributed by atoms with Gasteiger partial charge in [0, 0.05) is 17.8 Å². The van der Waals surface area contributed by atoms with E-state index in [2.05, 4.69) is 4.98 Å². The fourth-order valence-corrected chi connectivity index (χ4v) is 2.41. The molecule has 100 valence electrons. The molecule has 0 amide bonds.